The van der Waals surface area contributed by atoms with Gasteiger partial charge in [-0.2, -0.15) is 0 Å². The number of benzene rings is 1. The summed E-state index contributed by atoms with van der Waals surface area (Å²) in [5, 5.41) is 2.82. The average Bonchev–Trinajstić information content (AvgIpc) is 3.23. The van der Waals surface area contributed by atoms with Crippen LogP contribution in [0.2, 0.25) is 0 Å². The molecule has 144 valence electrons. The Morgan fingerprint density at radius 1 is 1.04 bits per heavy atom. The van der Waals surface area contributed by atoms with Crippen molar-refractivity contribution < 1.29 is 13.9 Å². The fourth-order valence-electron chi connectivity index (χ4n) is 3.06. The monoisotopic (exact) mass is 378 g/mol. The number of rotatable bonds is 6. The van der Waals surface area contributed by atoms with Gasteiger partial charge < -0.3 is 19.4 Å². The van der Waals surface area contributed by atoms with Crippen molar-refractivity contribution in [1.82, 2.24) is 9.97 Å². The number of morpholine rings is 1. The number of carbonyl (C=O) groups excluding carboxylic acids is 1. The molecule has 28 heavy (non-hydrogen) atoms. The first-order chi connectivity index (χ1) is 13.8. The zero-order valence-electron chi connectivity index (χ0n) is 15.5. The number of aryl methyl sites for hydroxylation is 1. The Kier molecular flexibility index (Phi) is 5.63. The minimum absolute atomic E-state index is 0.119. The number of pyridine rings is 1. The summed E-state index contributed by atoms with van der Waals surface area (Å²) in [5.41, 5.74) is 2.00. The van der Waals surface area contributed by atoms with Crippen molar-refractivity contribution in [2.45, 2.75) is 12.8 Å². The van der Waals surface area contributed by atoms with Gasteiger partial charge in [-0.05, 0) is 12.1 Å². The molecule has 1 N–H and O–H groups in total. The summed E-state index contributed by atoms with van der Waals surface area (Å²) in [6, 6.07) is 13.6. The van der Waals surface area contributed by atoms with Crippen LogP contribution >= 0.6 is 0 Å². The molecular formula is C21H22N4O3. The molecule has 7 heteroatoms. The van der Waals surface area contributed by atoms with Crippen LogP contribution in [0.5, 0.6) is 0 Å². The number of ether oxygens (including phenoxy) is 1. The molecule has 1 aliphatic heterocycles. The molecule has 1 saturated heterocycles. The predicted octanol–water partition coefficient (Wildman–Crippen LogP) is 3.14. The summed E-state index contributed by atoms with van der Waals surface area (Å²) < 4.78 is 11.1. The van der Waals surface area contributed by atoms with Crippen LogP contribution in [0.3, 0.4) is 0 Å². The van der Waals surface area contributed by atoms with Crippen LogP contribution < -0.4 is 10.2 Å². The molecule has 1 aromatic carbocycles. The quantitative estimate of drug-likeness (QED) is 0.710. The SMILES string of the molecule is O=C(CCc1ncc(-c2ccccc2)o1)Nc1ccc(N2CCOCC2)cn1. The number of nitrogens with zero attached hydrogens (tertiary/aromatic N) is 3. The Bertz CT molecular complexity index is 903. The van der Waals surface area contributed by atoms with Gasteiger partial charge in [0.2, 0.25) is 5.91 Å². The van der Waals surface area contributed by atoms with E-state index in [1.165, 1.54) is 0 Å². The van der Waals surface area contributed by atoms with Crippen molar-refractivity contribution in [2.24, 2.45) is 0 Å². The van der Waals surface area contributed by atoms with Gasteiger partial charge in [0.25, 0.3) is 0 Å². The van der Waals surface area contributed by atoms with E-state index < -0.39 is 0 Å². The van der Waals surface area contributed by atoms with Gasteiger partial charge in [0.05, 0.1) is 31.3 Å². The fraction of sp³-hybridized carbons (Fsp3) is 0.286. The number of hydrogen-bond donors (Lipinski definition) is 1. The van der Waals surface area contributed by atoms with Crippen molar-refractivity contribution in [3.63, 3.8) is 0 Å². The zero-order chi connectivity index (χ0) is 19.2. The van der Waals surface area contributed by atoms with Gasteiger partial charge in [-0.1, -0.05) is 30.3 Å². The number of nitrogens with one attached hydrogen (secondary N) is 1. The molecule has 0 atom stereocenters. The highest BCUT2D eigenvalue weighted by molar-refractivity contribution is 5.89. The maximum Gasteiger partial charge on any atom is 0.226 e. The molecule has 0 unspecified atom stereocenters. The van der Waals surface area contributed by atoms with E-state index in [2.05, 4.69) is 20.2 Å². The minimum atomic E-state index is -0.119. The van der Waals surface area contributed by atoms with E-state index in [9.17, 15) is 4.79 Å². The smallest absolute Gasteiger partial charge is 0.226 e. The highest BCUT2D eigenvalue weighted by atomic mass is 16.5. The number of amides is 1. The van der Waals surface area contributed by atoms with E-state index >= 15 is 0 Å². The molecule has 1 aliphatic rings. The van der Waals surface area contributed by atoms with E-state index in [0.29, 0.717) is 23.9 Å². The maximum absolute atomic E-state index is 12.2. The molecule has 3 aromatic rings. The second-order valence-electron chi connectivity index (χ2n) is 6.53. The van der Waals surface area contributed by atoms with Crippen LogP contribution in [-0.2, 0) is 16.0 Å². The Labute approximate surface area is 163 Å². The predicted molar refractivity (Wildman–Crippen MR) is 106 cm³/mol. The van der Waals surface area contributed by atoms with Gasteiger partial charge in [0.1, 0.15) is 5.82 Å². The number of carbonyl (C=O) groups is 1. The van der Waals surface area contributed by atoms with Crippen LogP contribution in [-0.4, -0.2) is 42.2 Å². The lowest BCUT2D eigenvalue weighted by molar-refractivity contribution is -0.116. The maximum atomic E-state index is 12.2. The minimum Gasteiger partial charge on any atom is -0.441 e. The average molecular weight is 378 g/mol. The first kappa shape index (κ1) is 18.2. The zero-order valence-corrected chi connectivity index (χ0v) is 15.5. The lowest BCUT2D eigenvalue weighted by atomic mass is 10.2. The van der Waals surface area contributed by atoms with Gasteiger partial charge in [-0.15, -0.1) is 0 Å². The summed E-state index contributed by atoms with van der Waals surface area (Å²) in [6.07, 6.45) is 4.18. The van der Waals surface area contributed by atoms with Crippen molar-refractivity contribution >= 4 is 17.4 Å². The van der Waals surface area contributed by atoms with Gasteiger partial charge in [-0.3, -0.25) is 4.79 Å². The van der Waals surface area contributed by atoms with Gasteiger partial charge in [-0.25, -0.2) is 9.97 Å². The Morgan fingerprint density at radius 3 is 2.61 bits per heavy atom. The Morgan fingerprint density at radius 2 is 1.86 bits per heavy atom. The van der Waals surface area contributed by atoms with Gasteiger partial charge in [0, 0.05) is 31.5 Å². The normalized spacial score (nSPS) is 14.1. The Hall–Kier alpha value is -3.19. The second-order valence-corrected chi connectivity index (χ2v) is 6.53. The highest BCUT2D eigenvalue weighted by Gasteiger charge is 2.12. The molecule has 0 saturated carbocycles. The molecule has 4 rings (SSSR count). The molecule has 1 amide bonds. The molecule has 0 radical (unpaired) electrons. The van der Waals surface area contributed by atoms with Gasteiger partial charge in [0.15, 0.2) is 11.7 Å². The summed E-state index contributed by atoms with van der Waals surface area (Å²) in [7, 11) is 0. The molecule has 7 nitrogen and oxygen atoms in total. The van der Waals surface area contributed by atoms with Crippen LogP contribution in [0.1, 0.15) is 12.3 Å². The third-order valence-corrected chi connectivity index (χ3v) is 4.57. The molecule has 3 heterocycles. The van der Waals surface area contributed by atoms with Crippen molar-refractivity contribution in [1.29, 1.82) is 0 Å². The highest BCUT2D eigenvalue weighted by Crippen LogP contribution is 2.20. The lowest BCUT2D eigenvalue weighted by Gasteiger charge is -2.28. The summed E-state index contributed by atoms with van der Waals surface area (Å²) >= 11 is 0. The lowest BCUT2D eigenvalue weighted by Crippen LogP contribution is -2.36. The first-order valence-electron chi connectivity index (χ1n) is 9.37. The molecule has 1 fully saturated rings. The largest absolute Gasteiger partial charge is 0.441 e. The number of aromatic nitrogens is 2. The third kappa shape index (κ3) is 4.55. The third-order valence-electron chi connectivity index (χ3n) is 4.57. The molecule has 0 aliphatic carbocycles. The number of anilines is 2. The summed E-state index contributed by atoms with van der Waals surface area (Å²) in [6.45, 7) is 3.17. The van der Waals surface area contributed by atoms with Crippen LogP contribution in [0.15, 0.2) is 59.3 Å². The van der Waals surface area contributed by atoms with Crippen molar-refractivity contribution in [3.05, 3.63) is 60.7 Å². The van der Waals surface area contributed by atoms with E-state index in [1.54, 1.807) is 12.4 Å². The molecule has 2 aromatic heterocycles. The second kappa shape index (κ2) is 8.67. The van der Waals surface area contributed by atoms with Crippen LogP contribution in [0, 0.1) is 0 Å². The standard InChI is InChI=1S/C21H22N4O3/c26-20(8-9-21-23-15-18(28-21)16-4-2-1-3-5-16)24-19-7-6-17(14-22-19)25-10-12-27-13-11-25/h1-7,14-15H,8-13H2,(H,22,24,26). The Balaban J connectivity index is 1.28. The van der Waals surface area contributed by atoms with E-state index in [1.807, 2.05) is 42.5 Å². The van der Waals surface area contributed by atoms with Crippen molar-refractivity contribution in [2.75, 3.05) is 36.5 Å². The number of oxazole rings is 1. The van der Waals surface area contributed by atoms with E-state index in [4.69, 9.17) is 9.15 Å². The molecule has 0 bridgehead atoms. The van der Waals surface area contributed by atoms with E-state index in [0.717, 1.165) is 37.6 Å². The van der Waals surface area contributed by atoms with Crippen molar-refractivity contribution in [3.8, 4) is 11.3 Å². The van der Waals surface area contributed by atoms with Gasteiger partial charge >= 0.3 is 0 Å². The molecule has 0 spiro atoms. The van der Waals surface area contributed by atoms with E-state index in [-0.39, 0.29) is 12.3 Å². The summed E-state index contributed by atoms with van der Waals surface area (Å²) in [4.78, 5) is 23.0. The number of hydrogen-bond acceptors (Lipinski definition) is 6. The molecular weight excluding hydrogens is 356 g/mol. The fourth-order valence-corrected chi connectivity index (χ4v) is 3.06. The first-order valence-corrected chi connectivity index (χ1v) is 9.37. The topological polar surface area (TPSA) is 80.5 Å². The van der Waals surface area contributed by atoms with Crippen LogP contribution in [0.25, 0.3) is 11.3 Å². The summed E-state index contributed by atoms with van der Waals surface area (Å²) in [5.74, 6) is 1.67. The van der Waals surface area contributed by atoms with Crippen LogP contribution in [0.4, 0.5) is 11.5 Å².